The van der Waals surface area contributed by atoms with Crippen LogP contribution in [0.15, 0.2) is 29.4 Å². The number of hydrogen-bond donors (Lipinski definition) is 0. The smallest absolute Gasteiger partial charge is 0.191 e. The molecule has 0 aliphatic carbocycles. The molecule has 2 rings (SSSR count). The van der Waals surface area contributed by atoms with Gasteiger partial charge in [0.25, 0.3) is 0 Å². The van der Waals surface area contributed by atoms with Crippen molar-refractivity contribution in [2.45, 2.75) is 19.0 Å². The molecular formula is C13H16FN3S. The van der Waals surface area contributed by atoms with E-state index in [1.807, 2.05) is 11.6 Å². The van der Waals surface area contributed by atoms with E-state index >= 15 is 0 Å². The number of nitrogens with zero attached hydrogens (tertiary/aromatic N) is 3. The Labute approximate surface area is 110 Å². The van der Waals surface area contributed by atoms with Gasteiger partial charge in [0.1, 0.15) is 5.82 Å². The standard InChI is InChI=1S/C13H16FN3S/c1-9(2)8-18-13-16-15-12(17(13)3)10-6-4-5-7-11(10)14/h4-7,9H,8H2,1-3H3. The minimum atomic E-state index is -0.270. The van der Waals surface area contributed by atoms with Crippen LogP contribution in [0, 0.1) is 11.7 Å². The highest BCUT2D eigenvalue weighted by Crippen LogP contribution is 2.25. The maximum Gasteiger partial charge on any atom is 0.191 e. The molecule has 0 unspecified atom stereocenters. The molecule has 2 aromatic rings. The van der Waals surface area contributed by atoms with Crippen LogP contribution in [0.2, 0.25) is 0 Å². The Morgan fingerprint density at radius 1 is 1.28 bits per heavy atom. The molecule has 1 heterocycles. The molecule has 1 aromatic carbocycles. The van der Waals surface area contributed by atoms with E-state index in [1.165, 1.54) is 6.07 Å². The van der Waals surface area contributed by atoms with Crippen LogP contribution in [-0.2, 0) is 7.05 Å². The van der Waals surface area contributed by atoms with E-state index in [1.54, 1.807) is 30.0 Å². The first kappa shape index (κ1) is 13.1. The van der Waals surface area contributed by atoms with Crippen molar-refractivity contribution in [2.24, 2.45) is 13.0 Å². The van der Waals surface area contributed by atoms with E-state index in [-0.39, 0.29) is 5.82 Å². The maximum atomic E-state index is 13.7. The van der Waals surface area contributed by atoms with Gasteiger partial charge >= 0.3 is 0 Å². The first-order valence-corrected chi connectivity index (χ1v) is 6.85. The molecular weight excluding hydrogens is 249 g/mol. The highest BCUT2D eigenvalue weighted by atomic mass is 32.2. The lowest BCUT2D eigenvalue weighted by Gasteiger charge is -2.05. The molecule has 0 bridgehead atoms. The number of aromatic nitrogens is 3. The zero-order valence-electron chi connectivity index (χ0n) is 10.7. The SMILES string of the molecule is CC(C)CSc1nnc(-c2ccccc2F)n1C. The number of hydrogen-bond acceptors (Lipinski definition) is 3. The third kappa shape index (κ3) is 2.72. The Bertz CT molecular complexity index is 537. The largest absolute Gasteiger partial charge is 0.305 e. The highest BCUT2D eigenvalue weighted by molar-refractivity contribution is 7.99. The van der Waals surface area contributed by atoms with E-state index in [9.17, 15) is 4.39 Å². The van der Waals surface area contributed by atoms with Crippen molar-refractivity contribution in [1.82, 2.24) is 14.8 Å². The zero-order valence-corrected chi connectivity index (χ0v) is 11.5. The number of benzene rings is 1. The maximum absolute atomic E-state index is 13.7. The van der Waals surface area contributed by atoms with Crippen molar-refractivity contribution in [3.05, 3.63) is 30.1 Å². The fourth-order valence-corrected chi connectivity index (χ4v) is 2.42. The van der Waals surface area contributed by atoms with E-state index in [2.05, 4.69) is 24.0 Å². The first-order valence-electron chi connectivity index (χ1n) is 5.86. The van der Waals surface area contributed by atoms with E-state index in [4.69, 9.17) is 0 Å². The van der Waals surface area contributed by atoms with Gasteiger partial charge in [-0.1, -0.05) is 37.7 Å². The van der Waals surface area contributed by atoms with Gasteiger partial charge in [-0.15, -0.1) is 10.2 Å². The summed E-state index contributed by atoms with van der Waals surface area (Å²) in [6.07, 6.45) is 0. The minimum absolute atomic E-state index is 0.270. The normalized spacial score (nSPS) is 11.2. The van der Waals surface area contributed by atoms with E-state index < -0.39 is 0 Å². The fourth-order valence-electron chi connectivity index (χ4n) is 1.56. The molecule has 96 valence electrons. The topological polar surface area (TPSA) is 30.7 Å². The van der Waals surface area contributed by atoms with E-state index in [0.717, 1.165) is 10.9 Å². The monoisotopic (exact) mass is 265 g/mol. The van der Waals surface area contributed by atoms with E-state index in [0.29, 0.717) is 17.3 Å². The van der Waals surface area contributed by atoms with Gasteiger partial charge in [0.2, 0.25) is 0 Å². The van der Waals surface area contributed by atoms with Crippen LogP contribution in [-0.4, -0.2) is 20.5 Å². The van der Waals surface area contributed by atoms with Crippen LogP contribution in [0.25, 0.3) is 11.4 Å². The second kappa shape index (κ2) is 5.52. The van der Waals surface area contributed by atoms with Crippen LogP contribution >= 0.6 is 11.8 Å². The Hall–Kier alpha value is -1.36. The first-order chi connectivity index (χ1) is 8.59. The molecule has 0 atom stereocenters. The van der Waals surface area contributed by atoms with Crippen LogP contribution in [0.1, 0.15) is 13.8 Å². The summed E-state index contributed by atoms with van der Waals surface area (Å²) >= 11 is 1.64. The van der Waals surface area contributed by atoms with Crippen molar-refractivity contribution in [3.8, 4) is 11.4 Å². The lowest BCUT2D eigenvalue weighted by Crippen LogP contribution is -1.98. The van der Waals surface area contributed by atoms with Gasteiger partial charge in [0, 0.05) is 12.8 Å². The molecule has 0 aliphatic rings. The van der Waals surface area contributed by atoms with Crippen LogP contribution in [0.4, 0.5) is 4.39 Å². The predicted molar refractivity (Wildman–Crippen MR) is 72.0 cm³/mol. The van der Waals surface area contributed by atoms with Crippen molar-refractivity contribution in [3.63, 3.8) is 0 Å². The van der Waals surface area contributed by atoms with Gasteiger partial charge in [-0.25, -0.2) is 4.39 Å². The second-order valence-electron chi connectivity index (χ2n) is 4.55. The van der Waals surface area contributed by atoms with Crippen LogP contribution in [0.5, 0.6) is 0 Å². The van der Waals surface area contributed by atoms with Gasteiger partial charge in [0.15, 0.2) is 11.0 Å². The van der Waals surface area contributed by atoms with Gasteiger partial charge in [-0.3, -0.25) is 0 Å². The van der Waals surface area contributed by atoms with Gasteiger partial charge < -0.3 is 4.57 Å². The minimum Gasteiger partial charge on any atom is -0.305 e. The van der Waals surface area contributed by atoms with Crippen molar-refractivity contribution in [1.29, 1.82) is 0 Å². The van der Waals surface area contributed by atoms with Crippen molar-refractivity contribution in [2.75, 3.05) is 5.75 Å². The molecule has 0 radical (unpaired) electrons. The summed E-state index contributed by atoms with van der Waals surface area (Å²) in [4.78, 5) is 0. The number of rotatable bonds is 4. The summed E-state index contributed by atoms with van der Waals surface area (Å²) in [5.74, 6) is 1.86. The van der Waals surface area contributed by atoms with Gasteiger partial charge in [-0.05, 0) is 18.1 Å². The molecule has 0 N–H and O–H groups in total. The Balaban J connectivity index is 2.28. The summed E-state index contributed by atoms with van der Waals surface area (Å²) in [7, 11) is 1.87. The molecule has 0 spiro atoms. The van der Waals surface area contributed by atoms with Gasteiger partial charge in [0.05, 0.1) is 5.56 Å². The summed E-state index contributed by atoms with van der Waals surface area (Å²) in [5, 5.41) is 9.01. The fraction of sp³-hybridized carbons (Fsp3) is 0.385. The molecule has 0 saturated carbocycles. The molecule has 3 nitrogen and oxygen atoms in total. The molecule has 0 saturated heterocycles. The molecule has 1 aromatic heterocycles. The molecule has 0 fully saturated rings. The average molecular weight is 265 g/mol. The highest BCUT2D eigenvalue weighted by Gasteiger charge is 2.14. The third-order valence-electron chi connectivity index (χ3n) is 2.50. The summed E-state index contributed by atoms with van der Waals surface area (Å²) in [6, 6.07) is 6.62. The number of halogens is 1. The van der Waals surface area contributed by atoms with Crippen LogP contribution in [0.3, 0.4) is 0 Å². The van der Waals surface area contributed by atoms with Crippen molar-refractivity contribution < 1.29 is 4.39 Å². The Morgan fingerprint density at radius 3 is 2.67 bits per heavy atom. The summed E-state index contributed by atoms with van der Waals surface area (Å²) in [6.45, 7) is 4.31. The summed E-state index contributed by atoms with van der Waals surface area (Å²) in [5.41, 5.74) is 0.490. The second-order valence-corrected chi connectivity index (χ2v) is 5.54. The molecule has 0 amide bonds. The number of thioether (sulfide) groups is 1. The lowest BCUT2D eigenvalue weighted by molar-refractivity contribution is 0.628. The molecule has 5 heteroatoms. The zero-order chi connectivity index (χ0) is 13.1. The molecule has 18 heavy (non-hydrogen) atoms. The average Bonchev–Trinajstić information content (AvgIpc) is 2.69. The van der Waals surface area contributed by atoms with Crippen LogP contribution < -0.4 is 0 Å². The third-order valence-corrected chi connectivity index (χ3v) is 3.94. The Morgan fingerprint density at radius 2 is 2.00 bits per heavy atom. The predicted octanol–water partition coefficient (Wildman–Crippen LogP) is 3.37. The van der Waals surface area contributed by atoms with Crippen molar-refractivity contribution >= 4 is 11.8 Å². The van der Waals surface area contributed by atoms with Gasteiger partial charge in [-0.2, -0.15) is 0 Å². The molecule has 0 aliphatic heterocycles. The Kier molecular flexibility index (Phi) is 4.01. The summed E-state index contributed by atoms with van der Waals surface area (Å²) < 4.78 is 15.5. The quantitative estimate of drug-likeness (QED) is 0.794. The lowest BCUT2D eigenvalue weighted by atomic mass is 10.2.